The van der Waals surface area contributed by atoms with Gasteiger partial charge >= 0.3 is 5.97 Å². The second kappa shape index (κ2) is 5.20. The molecule has 0 fully saturated rings. The van der Waals surface area contributed by atoms with E-state index in [4.69, 9.17) is 0 Å². The lowest BCUT2D eigenvalue weighted by molar-refractivity contribution is -0.135. The molecular weight excluding hydrogens is 200 g/mol. The maximum absolute atomic E-state index is 11.6. The Bertz CT molecular complexity index is 261. The van der Waals surface area contributed by atoms with Crippen molar-refractivity contribution in [2.75, 3.05) is 13.4 Å². The number of methoxy groups -OCH3 is 1. The van der Waals surface area contributed by atoms with Gasteiger partial charge in [-0.15, -0.1) is 11.8 Å². The van der Waals surface area contributed by atoms with E-state index >= 15 is 0 Å². The van der Waals surface area contributed by atoms with Crippen LogP contribution in [0.1, 0.15) is 20.8 Å². The fraction of sp³-hybridized carbons (Fsp3) is 0.600. The molecule has 0 spiro atoms. The van der Waals surface area contributed by atoms with Crippen LogP contribution in [0.3, 0.4) is 0 Å². The Labute approximate surface area is 88.9 Å². The van der Waals surface area contributed by atoms with E-state index in [9.17, 15) is 9.59 Å². The Morgan fingerprint density at radius 2 is 1.79 bits per heavy atom. The van der Waals surface area contributed by atoms with Gasteiger partial charge in [-0.25, -0.2) is 4.79 Å². The highest BCUT2D eigenvalue weighted by molar-refractivity contribution is 8.03. The van der Waals surface area contributed by atoms with Crippen molar-refractivity contribution in [1.29, 1.82) is 0 Å². The molecule has 3 nitrogen and oxygen atoms in total. The van der Waals surface area contributed by atoms with Gasteiger partial charge in [0.15, 0.2) is 5.78 Å². The minimum absolute atomic E-state index is 0.0766. The van der Waals surface area contributed by atoms with Gasteiger partial charge in [0, 0.05) is 11.5 Å². The van der Waals surface area contributed by atoms with Gasteiger partial charge in [0.25, 0.3) is 0 Å². The maximum atomic E-state index is 11.6. The molecule has 0 bridgehead atoms. The monoisotopic (exact) mass is 216 g/mol. The number of carbonyl (C=O) groups is 2. The number of hydrogen-bond donors (Lipinski definition) is 0. The van der Waals surface area contributed by atoms with Crippen LogP contribution < -0.4 is 0 Å². The zero-order valence-electron chi connectivity index (χ0n) is 9.21. The number of hydrogen-bond acceptors (Lipinski definition) is 4. The molecule has 0 N–H and O–H groups in total. The van der Waals surface area contributed by atoms with Crippen molar-refractivity contribution in [3.63, 3.8) is 0 Å². The lowest BCUT2D eigenvalue weighted by atomic mass is 9.91. The molecule has 0 amide bonds. The summed E-state index contributed by atoms with van der Waals surface area (Å²) in [6, 6.07) is 0. The first-order chi connectivity index (χ1) is 6.32. The second-order valence-corrected chi connectivity index (χ2v) is 4.67. The predicted octanol–water partition coefficient (Wildman–Crippen LogP) is 2.02. The summed E-state index contributed by atoms with van der Waals surface area (Å²) in [6.45, 7) is 5.42. The average Bonchev–Trinajstić information content (AvgIpc) is 2.10. The molecule has 4 heteroatoms. The molecule has 0 aromatic carbocycles. The molecule has 0 aromatic heterocycles. The molecule has 0 unspecified atom stereocenters. The minimum atomic E-state index is -0.463. The lowest BCUT2D eigenvalue weighted by Gasteiger charge is -2.13. The second-order valence-electron chi connectivity index (χ2n) is 3.82. The molecule has 0 atom stereocenters. The van der Waals surface area contributed by atoms with Crippen molar-refractivity contribution in [2.45, 2.75) is 20.8 Å². The lowest BCUT2D eigenvalue weighted by Crippen LogP contribution is -2.19. The molecule has 0 saturated carbocycles. The normalized spacial score (nSPS) is 12.5. The van der Waals surface area contributed by atoms with Gasteiger partial charge in [-0.1, -0.05) is 20.8 Å². The van der Waals surface area contributed by atoms with E-state index in [2.05, 4.69) is 4.74 Å². The summed E-state index contributed by atoms with van der Waals surface area (Å²) in [4.78, 5) is 23.0. The minimum Gasteiger partial charge on any atom is -0.465 e. The van der Waals surface area contributed by atoms with Crippen LogP contribution in [0, 0.1) is 5.41 Å². The third-order valence-corrected chi connectivity index (χ3v) is 2.33. The van der Waals surface area contributed by atoms with Crippen molar-refractivity contribution >= 4 is 23.5 Å². The fourth-order valence-electron chi connectivity index (χ4n) is 0.637. The maximum Gasteiger partial charge on any atom is 0.344 e. The zero-order chi connectivity index (χ0) is 11.4. The summed E-state index contributed by atoms with van der Waals surface area (Å²) in [5.41, 5.74) is -0.463. The molecule has 0 aliphatic rings. The van der Waals surface area contributed by atoms with Crippen LogP contribution in [0.15, 0.2) is 11.0 Å². The summed E-state index contributed by atoms with van der Waals surface area (Å²) < 4.78 is 4.54. The Kier molecular flexibility index (Phi) is 4.91. The van der Waals surface area contributed by atoms with Crippen LogP contribution in [0.5, 0.6) is 0 Å². The van der Waals surface area contributed by atoms with Crippen LogP contribution in [0.25, 0.3) is 0 Å². The van der Waals surface area contributed by atoms with E-state index in [1.54, 1.807) is 27.0 Å². The summed E-state index contributed by atoms with van der Waals surface area (Å²) >= 11 is 1.21. The summed E-state index contributed by atoms with van der Waals surface area (Å²) in [6.07, 6.45) is 3.08. The first-order valence-corrected chi connectivity index (χ1v) is 5.44. The predicted molar refractivity (Wildman–Crippen MR) is 58.1 cm³/mol. The molecular formula is C10H16O3S. The van der Waals surface area contributed by atoms with Crippen molar-refractivity contribution in [1.82, 2.24) is 0 Å². The fourth-order valence-corrected chi connectivity index (χ4v) is 1.11. The van der Waals surface area contributed by atoms with E-state index in [0.717, 1.165) is 0 Å². The smallest absolute Gasteiger partial charge is 0.344 e. The number of esters is 1. The SMILES string of the molecule is COC(=O)C(=CC(=O)C(C)(C)C)SC. The highest BCUT2D eigenvalue weighted by atomic mass is 32.2. The Morgan fingerprint density at radius 3 is 2.07 bits per heavy atom. The van der Waals surface area contributed by atoms with Gasteiger partial charge in [0.1, 0.15) is 0 Å². The molecule has 0 heterocycles. The Balaban J connectivity index is 4.78. The Hall–Kier alpha value is -0.770. The first kappa shape index (κ1) is 13.2. The third-order valence-electron chi connectivity index (χ3n) is 1.61. The van der Waals surface area contributed by atoms with Gasteiger partial charge < -0.3 is 4.74 Å². The van der Waals surface area contributed by atoms with Gasteiger partial charge in [-0.2, -0.15) is 0 Å². The topological polar surface area (TPSA) is 43.4 Å². The van der Waals surface area contributed by atoms with Crippen LogP contribution >= 0.6 is 11.8 Å². The molecule has 0 aromatic rings. The van der Waals surface area contributed by atoms with Gasteiger partial charge in [0.05, 0.1) is 12.0 Å². The molecule has 0 aliphatic carbocycles. The number of thioether (sulfide) groups is 1. The van der Waals surface area contributed by atoms with Gasteiger partial charge in [-0.05, 0) is 6.26 Å². The summed E-state index contributed by atoms with van der Waals surface area (Å²) in [5.74, 6) is -0.539. The van der Waals surface area contributed by atoms with Crippen molar-refractivity contribution < 1.29 is 14.3 Å². The molecule has 0 radical (unpaired) electrons. The van der Waals surface area contributed by atoms with Crippen molar-refractivity contribution in [3.8, 4) is 0 Å². The van der Waals surface area contributed by atoms with Crippen LogP contribution in [-0.4, -0.2) is 25.1 Å². The van der Waals surface area contributed by atoms with Crippen LogP contribution in [-0.2, 0) is 14.3 Å². The van der Waals surface area contributed by atoms with E-state index in [1.165, 1.54) is 24.9 Å². The third kappa shape index (κ3) is 3.96. The summed E-state index contributed by atoms with van der Waals surface area (Å²) in [5, 5.41) is 0. The van der Waals surface area contributed by atoms with E-state index in [1.807, 2.05) is 0 Å². The van der Waals surface area contributed by atoms with Crippen LogP contribution in [0.2, 0.25) is 0 Å². The van der Waals surface area contributed by atoms with E-state index in [0.29, 0.717) is 4.91 Å². The highest BCUT2D eigenvalue weighted by Gasteiger charge is 2.21. The van der Waals surface area contributed by atoms with E-state index in [-0.39, 0.29) is 5.78 Å². The first-order valence-electron chi connectivity index (χ1n) is 4.21. The quantitative estimate of drug-likeness (QED) is 0.535. The molecule has 0 rings (SSSR count). The van der Waals surface area contributed by atoms with Gasteiger partial charge in [-0.3, -0.25) is 4.79 Å². The largest absolute Gasteiger partial charge is 0.465 e. The standard InChI is InChI=1S/C10H16O3S/c1-10(2,3)8(11)6-7(14-5)9(12)13-4/h6H,1-5H3. The van der Waals surface area contributed by atoms with E-state index < -0.39 is 11.4 Å². The number of carbonyl (C=O) groups excluding carboxylic acids is 2. The highest BCUT2D eigenvalue weighted by Crippen LogP contribution is 2.20. The molecule has 80 valence electrons. The van der Waals surface area contributed by atoms with Crippen molar-refractivity contribution in [3.05, 3.63) is 11.0 Å². The number of ketones is 1. The summed E-state index contributed by atoms with van der Waals surface area (Å²) in [7, 11) is 1.30. The van der Waals surface area contributed by atoms with Gasteiger partial charge in [0.2, 0.25) is 0 Å². The number of rotatable bonds is 3. The Morgan fingerprint density at radius 1 is 1.29 bits per heavy atom. The van der Waals surface area contributed by atoms with Crippen LogP contribution in [0.4, 0.5) is 0 Å². The number of allylic oxidation sites excluding steroid dienone is 1. The molecule has 0 saturated heterocycles. The molecule has 0 aliphatic heterocycles. The average molecular weight is 216 g/mol. The number of ether oxygens (including phenoxy) is 1. The molecule has 14 heavy (non-hydrogen) atoms. The van der Waals surface area contributed by atoms with Crippen molar-refractivity contribution in [2.24, 2.45) is 5.41 Å². The zero-order valence-corrected chi connectivity index (χ0v) is 10.0.